The Kier molecular flexibility index (Phi) is 1.17. The Morgan fingerprint density at radius 2 is 2.62 bits per heavy atom. The molecule has 1 heterocycles. The summed E-state index contributed by atoms with van der Waals surface area (Å²) in [7, 11) is 0. The van der Waals surface area contributed by atoms with Gasteiger partial charge in [0.2, 0.25) is 0 Å². The summed E-state index contributed by atoms with van der Waals surface area (Å²) in [5.41, 5.74) is 2.10. The normalized spacial score (nSPS) is 17.0. The second-order valence-corrected chi connectivity index (χ2v) is 1.84. The minimum Gasteiger partial charge on any atom is -0.265 e. The van der Waals surface area contributed by atoms with Gasteiger partial charge in [0.15, 0.2) is 0 Å². The van der Waals surface area contributed by atoms with E-state index in [4.69, 9.17) is 6.42 Å². The highest BCUT2D eigenvalue weighted by molar-refractivity contribution is 5.87. The topological polar surface area (TPSA) is 12.4 Å². The summed E-state index contributed by atoms with van der Waals surface area (Å²) in [4.78, 5) is 4.00. The Morgan fingerprint density at radius 1 is 1.88 bits per heavy atom. The van der Waals surface area contributed by atoms with Crippen LogP contribution in [0.1, 0.15) is 13.3 Å². The zero-order chi connectivity index (χ0) is 5.98. The lowest BCUT2D eigenvalue weighted by molar-refractivity contribution is 1.42. The first-order valence-electron chi connectivity index (χ1n) is 2.52. The highest BCUT2D eigenvalue weighted by atomic mass is 14.7. The molecule has 0 bridgehead atoms. The van der Waals surface area contributed by atoms with Crippen molar-refractivity contribution in [2.75, 3.05) is 0 Å². The third-order valence-corrected chi connectivity index (χ3v) is 1.07. The van der Waals surface area contributed by atoms with Crippen molar-refractivity contribution in [1.82, 2.24) is 0 Å². The van der Waals surface area contributed by atoms with Crippen molar-refractivity contribution < 1.29 is 0 Å². The number of rotatable bonds is 0. The summed E-state index contributed by atoms with van der Waals surface area (Å²) in [6.07, 6.45) is 7.72. The first-order chi connectivity index (χ1) is 3.83. The van der Waals surface area contributed by atoms with Crippen LogP contribution in [-0.4, -0.2) is 5.71 Å². The Labute approximate surface area is 49.1 Å². The van der Waals surface area contributed by atoms with Crippen LogP contribution in [0, 0.1) is 12.3 Å². The smallest absolute Gasteiger partial charge is 0.0386 e. The van der Waals surface area contributed by atoms with Crippen LogP contribution in [0.15, 0.2) is 16.8 Å². The number of hydrogen-bond acceptors (Lipinski definition) is 1. The molecular formula is C7H7N. The zero-order valence-electron chi connectivity index (χ0n) is 4.81. The van der Waals surface area contributed by atoms with Crippen LogP contribution in [-0.2, 0) is 0 Å². The molecule has 0 N–H and O–H groups in total. The van der Waals surface area contributed by atoms with Gasteiger partial charge >= 0.3 is 0 Å². The molecule has 0 saturated carbocycles. The van der Waals surface area contributed by atoms with E-state index in [1.54, 1.807) is 6.20 Å². The SMILES string of the molecule is C#CC1=CN=C(C)C1. The van der Waals surface area contributed by atoms with Gasteiger partial charge < -0.3 is 0 Å². The number of hydrogen-bond donors (Lipinski definition) is 0. The molecular weight excluding hydrogens is 98.1 g/mol. The molecule has 8 heavy (non-hydrogen) atoms. The largest absolute Gasteiger partial charge is 0.265 e. The van der Waals surface area contributed by atoms with Crippen molar-refractivity contribution in [2.45, 2.75) is 13.3 Å². The maximum absolute atomic E-state index is 5.10. The van der Waals surface area contributed by atoms with Crippen LogP contribution in [0.3, 0.4) is 0 Å². The lowest BCUT2D eigenvalue weighted by Gasteiger charge is -1.83. The van der Waals surface area contributed by atoms with Gasteiger partial charge in [-0.05, 0) is 6.92 Å². The summed E-state index contributed by atoms with van der Waals surface area (Å²) in [5, 5.41) is 0. The molecule has 0 atom stereocenters. The average molecular weight is 105 g/mol. The molecule has 40 valence electrons. The Hall–Kier alpha value is -1.03. The molecule has 0 radical (unpaired) electrons. The average Bonchev–Trinajstić information content (AvgIpc) is 2.14. The van der Waals surface area contributed by atoms with Crippen molar-refractivity contribution >= 4 is 5.71 Å². The fourth-order valence-corrected chi connectivity index (χ4v) is 0.643. The Balaban J connectivity index is 2.66. The number of nitrogens with zero attached hydrogens (tertiary/aromatic N) is 1. The predicted octanol–water partition coefficient (Wildman–Crippen LogP) is 1.37. The van der Waals surface area contributed by atoms with E-state index in [9.17, 15) is 0 Å². The molecule has 1 rings (SSSR count). The molecule has 1 aliphatic rings. The van der Waals surface area contributed by atoms with E-state index >= 15 is 0 Å². The standard InChI is InChI=1S/C7H7N/c1-3-7-4-6(2)8-5-7/h1,5H,4H2,2H3. The molecule has 0 aromatic heterocycles. The first kappa shape index (κ1) is 5.11. The molecule has 0 amide bonds. The van der Waals surface area contributed by atoms with Crippen LogP contribution in [0.4, 0.5) is 0 Å². The second-order valence-electron chi connectivity index (χ2n) is 1.84. The lowest BCUT2D eigenvalue weighted by atomic mass is 10.2. The molecule has 1 heteroatoms. The molecule has 0 aliphatic carbocycles. The van der Waals surface area contributed by atoms with Crippen molar-refractivity contribution in [2.24, 2.45) is 4.99 Å². The fraction of sp³-hybridized carbons (Fsp3) is 0.286. The maximum Gasteiger partial charge on any atom is 0.0386 e. The summed E-state index contributed by atoms with van der Waals surface area (Å²) in [5.74, 6) is 2.54. The Morgan fingerprint density at radius 3 is 2.88 bits per heavy atom. The number of aliphatic imine (C=N–C) groups is 1. The molecule has 1 nitrogen and oxygen atoms in total. The van der Waals surface area contributed by atoms with Crippen molar-refractivity contribution in [3.8, 4) is 12.3 Å². The van der Waals surface area contributed by atoms with Gasteiger partial charge in [0.1, 0.15) is 0 Å². The van der Waals surface area contributed by atoms with E-state index in [1.807, 2.05) is 6.92 Å². The van der Waals surface area contributed by atoms with Gasteiger partial charge in [0.05, 0.1) is 0 Å². The van der Waals surface area contributed by atoms with E-state index in [0.717, 1.165) is 17.7 Å². The van der Waals surface area contributed by atoms with Crippen molar-refractivity contribution in [3.05, 3.63) is 11.8 Å². The van der Waals surface area contributed by atoms with Crippen LogP contribution in [0.5, 0.6) is 0 Å². The number of terminal acetylenes is 1. The summed E-state index contributed by atoms with van der Waals surface area (Å²) >= 11 is 0. The summed E-state index contributed by atoms with van der Waals surface area (Å²) < 4.78 is 0. The van der Waals surface area contributed by atoms with Crippen LogP contribution >= 0.6 is 0 Å². The highest BCUT2D eigenvalue weighted by Gasteiger charge is 2.00. The molecule has 0 unspecified atom stereocenters. The second kappa shape index (κ2) is 1.83. The van der Waals surface area contributed by atoms with Crippen molar-refractivity contribution in [1.29, 1.82) is 0 Å². The molecule has 0 saturated heterocycles. The molecule has 0 spiro atoms. The first-order valence-corrected chi connectivity index (χ1v) is 2.52. The maximum atomic E-state index is 5.10. The minimum absolute atomic E-state index is 0.872. The quantitative estimate of drug-likeness (QED) is 0.412. The molecule has 0 fully saturated rings. The number of allylic oxidation sites excluding steroid dienone is 1. The van der Waals surface area contributed by atoms with Gasteiger partial charge in [-0.25, -0.2) is 0 Å². The third kappa shape index (κ3) is 0.788. The van der Waals surface area contributed by atoms with E-state index in [2.05, 4.69) is 10.9 Å². The fourth-order valence-electron chi connectivity index (χ4n) is 0.643. The molecule has 0 aromatic rings. The monoisotopic (exact) mass is 105 g/mol. The van der Waals surface area contributed by atoms with Crippen LogP contribution in [0.2, 0.25) is 0 Å². The van der Waals surface area contributed by atoms with Crippen LogP contribution in [0.25, 0.3) is 0 Å². The highest BCUT2D eigenvalue weighted by Crippen LogP contribution is 2.08. The van der Waals surface area contributed by atoms with Gasteiger partial charge in [-0.3, -0.25) is 4.99 Å². The summed E-state index contributed by atoms with van der Waals surface area (Å²) in [6, 6.07) is 0. The van der Waals surface area contributed by atoms with E-state index in [-0.39, 0.29) is 0 Å². The van der Waals surface area contributed by atoms with Gasteiger partial charge in [-0.1, -0.05) is 5.92 Å². The van der Waals surface area contributed by atoms with E-state index < -0.39 is 0 Å². The van der Waals surface area contributed by atoms with Gasteiger partial charge in [0.25, 0.3) is 0 Å². The minimum atomic E-state index is 0.872. The zero-order valence-corrected chi connectivity index (χ0v) is 4.81. The van der Waals surface area contributed by atoms with Crippen LogP contribution < -0.4 is 0 Å². The van der Waals surface area contributed by atoms with E-state index in [1.165, 1.54) is 0 Å². The lowest BCUT2D eigenvalue weighted by Crippen LogP contribution is -1.83. The predicted molar refractivity (Wildman–Crippen MR) is 34.6 cm³/mol. The third-order valence-electron chi connectivity index (χ3n) is 1.07. The summed E-state index contributed by atoms with van der Waals surface area (Å²) in [6.45, 7) is 1.97. The molecule has 1 aliphatic heterocycles. The van der Waals surface area contributed by atoms with Crippen molar-refractivity contribution in [3.63, 3.8) is 0 Å². The Bertz CT molecular complexity index is 191. The molecule has 0 aromatic carbocycles. The van der Waals surface area contributed by atoms with E-state index in [0.29, 0.717) is 0 Å². The van der Waals surface area contributed by atoms with Gasteiger partial charge in [-0.2, -0.15) is 0 Å². The van der Waals surface area contributed by atoms with Gasteiger partial charge in [0, 0.05) is 23.9 Å². The van der Waals surface area contributed by atoms with Gasteiger partial charge in [-0.15, -0.1) is 6.42 Å².